The van der Waals surface area contributed by atoms with Crippen molar-refractivity contribution in [2.24, 2.45) is 0 Å². The average Bonchev–Trinajstić information content (AvgIpc) is 2.54. The molecule has 4 nitrogen and oxygen atoms in total. The lowest BCUT2D eigenvalue weighted by molar-refractivity contribution is 0.0278. The third-order valence-corrected chi connectivity index (χ3v) is 3.29. The summed E-state index contributed by atoms with van der Waals surface area (Å²) >= 11 is 0. The van der Waals surface area contributed by atoms with Crippen molar-refractivity contribution in [1.82, 2.24) is 10.3 Å². The van der Waals surface area contributed by atoms with E-state index >= 15 is 0 Å². The molecular weight excluding hydrogens is 264 g/mol. The van der Waals surface area contributed by atoms with Gasteiger partial charge in [-0.2, -0.15) is 0 Å². The maximum Gasteiger partial charge on any atom is 0.0898 e. The van der Waals surface area contributed by atoms with E-state index in [4.69, 9.17) is 4.74 Å². The van der Waals surface area contributed by atoms with Crippen LogP contribution < -0.4 is 5.32 Å². The van der Waals surface area contributed by atoms with Gasteiger partial charge in [-0.05, 0) is 30.2 Å². The lowest BCUT2D eigenvalue weighted by atomic mass is 10.1. The molecule has 0 saturated carbocycles. The van der Waals surface area contributed by atoms with E-state index in [2.05, 4.69) is 17.2 Å². The quantitative estimate of drug-likeness (QED) is 0.782. The zero-order valence-electron chi connectivity index (χ0n) is 12.3. The molecule has 1 aromatic heterocycles. The molecule has 0 saturated heterocycles. The highest BCUT2D eigenvalue weighted by atomic mass is 16.5. The summed E-state index contributed by atoms with van der Waals surface area (Å²) in [5.74, 6) is 0. The standard InChI is InChI=1S/C17H22N2O2/c1-14(16-7-9-18-10-8-16)19-11-17(20)13-21-12-15-5-3-2-4-6-15/h2-10,14,17,19-20H,11-13H2,1H3/t14-,17?/m1/s1. The molecule has 2 atom stereocenters. The van der Waals surface area contributed by atoms with Crippen molar-refractivity contribution in [2.75, 3.05) is 13.2 Å². The Kier molecular flexibility index (Phi) is 6.34. The first kappa shape index (κ1) is 15.6. The topological polar surface area (TPSA) is 54.4 Å². The number of ether oxygens (including phenoxy) is 1. The zero-order valence-corrected chi connectivity index (χ0v) is 12.3. The summed E-state index contributed by atoms with van der Waals surface area (Å²) in [7, 11) is 0. The predicted octanol–water partition coefficient (Wildman–Crippen LogP) is 2.31. The predicted molar refractivity (Wildman–Crippen MR) is 82.8 cm³/mol. The Labute approximate surface area is 125 Å². The van der Waals surface area contributed by atoms with Crippen LogP contribution in [-0.4, -0.2) is 29.3 Å². The van der Waals surface area contributed by atoms with Gasteiger partial charge in [-0.15, -0.1) is 0 Å². The first-order valence-corrected chi connectivity index (χ1v) is 7.18. The number of hydrogen-bond donors (Lipinski definition) is 2. The maximum atomic E-state index is 9.92. The van der Waals surface area contributed by atoms with Crippen LogP contribution in [0.4, 0.5) is 0 Å². The molecule has 0 amide bonds. The van der Waals surface area contributed by atoms with Crippen LogP contribution in [0.15, 0.2) is 54.9 Å². The van der Waals surface area contributed by atoms with Crippen LogP contribution in [0.1, 0.15) is 24.1 Å². The van der Waals surface area contributed by atoms with Crippen molar-refractivity contribution < 1.29 is 9.84 Å². The second kappa shape index (κ2) is 8.52. The van der Waals surface area contributed by atoms with Gasteiger partial charge in [0.1, 0.15) is 0 Å². The summed E-state index contributed by atoms with van der Waals surface area (Å²) in [5, 5.41) is 13.2. The van der Waals surface area contributed by atoms with E-state index in [1.54, 1.807) is 12.4 Å². The number of hydrogen-bond acceptors (Lipinski definition) is 4. The van der Waals surface area contributed by atoms with Gasteiger partial charge in [0.2, 0.25) is 0 Å². The lowest BCUT2D eigenvalue weighted by Crippen LogP contribution is -2.32. The Morgan fingerprint density at radius 3 is 2.57 bits per heavy atom. The van der Waals surface area contributed by atoms with Gasteiger partial charge in [-0.1, -0.05) is 30.3 Å². The van der Waals surface area contributed by atoms with Gasteiger partial charge in [-0.25, -0.2) is 0 Å². The van der Waals surface area contributed by atoms with Crippen LogP contribution in [0, 0.1) is 0 Å². The van der Waals surface area contributed by atoms with Crippen LogP contribution in [0.25, 0.3) is 0 Å². The number of aromatic nitrogens is 1. The molecule has 4 heteroatoms. The van der Waals surface area contributed by atoms with Crippen molar-refractivity contribution >= 4 is 0 Å². The third-order valence-electron chi connectivity index (χ3n) is 3.29. The molecule has 0 fully saturated rings. The molecule has 0 aliphatic carbocycles. The molecular formula is C17H22N2O2. The summed E-state index contributed by atoms with van der Waals surface area (Å²) in [6.45, 7) is 3.41. The zero-order chi connectivity index (χ0) is 14.9. The second-order valence-corrected chi connectivity index (χ2v) is 5.07. The lowest BCUT2D eigenvalue weighted by Gasteiger charge is -2.17. The van der Waals surface area contributed by atoms with Gasteiger partial charge < -0.3 is 15.2 Å². The Hall–Kier alpha value is -1.75. The SMILES string of the molecule is C[C@@H](NCC(O)COCc1ccccc1)c1ccncc1. The number of pyridine rings is 1. The third kappa shape index (κ3) is 5.63. The Morgan fingerprint density at radius 1 is 1.14 bits per heavy atom. The van der Waals surface area contributed by atoms with Gasteiger partial charge in [0, 0.05) is 25.0 Å². The van der Waals surface area contributed by atoms with Gasteiger partial charge in [0.15, 0.2) is 0 Å². The van der Waals surface area contributed by atoms with E-state index < -0.39 is 6.10 Å². The monoisotopic (exact) mass is 286 g/mol. The minimum Gasteiger partial charge on any atom is -0.389 e. The van der Waals surface area contributed by atoms with Crippen LogP contribution in [0.2, 0.25) is 0 Å². The summed E-state index contributed by atoms with van der Waals surface area (Å²) in [5.41, 5.74) is 2.27. The van der Waals surface area contributed by atoms with Gasteiger partial charge in [0.05, 0.1) is 19.3 Å². The van der Waals surface area contributed by atoms with Crippen LogP contribution in [0.3, 0.4) is 0 Å². The molecule has 21 heavy (non-hydrogen) atoms. The normalized spacial score (nSPS) is 13.8. The van der Waals surface area contributed by atoms with Crippen molar-refractivity contribution in [2.45, 2.75) is 25.7 Å². The molecule has 2 N–H and O–H groups in total. The molecule has 1 aromatic carbocycles. The molecule has 1 heterocycles. The fraction of sp³-hybridized carbons (Fsp3) is 0.353. The number of nitrogens with one attached hydrogen (secondary N) is 1. The van der Waals surface area contributed by atoms with E-state index in [0.717, 1.165) is 11.1 Å². The summed E-state index contributed by atoms with van der Waals surface area (Å²) in [6, 6.07) is 14.1. The number of aliphatic hydroxyl groups is 1. The fourth-order valence-corrected chi connectivity index (χ4v) is 2.03. The van der Waals surface area contributed by atoms with Crippen LogP contribution in [-0.2, 0) is 11.3 Å². The summed E-state index contributed by atoms with van der Waals surface area (Å²) < 4.78 is 5.52. The fourth-order valence-electron chi connectivity index (χ4n) is 2.03. The number of aliphatic hydroxyl groups excluding tert-OH is 1. The Bertz CT molecular complexity index is 505. The average molecular weight is 286 g/mol. The van der Waals surface area contributed by atoms with E-state index in [1.165, 1.54) is 0 Å². The molecule has 0 radical (unpaired) electrons. The highest BCUT2D eigenvalue weighted by Gasteiger charge is 2.08. The number of rotatable bonds is 8. The molecule has 2 rings (SSSR count). The molecule has 0 aliphatic rings. The second-order valence-electron chi connectivity index (χ2n) is 5.07. The smallest absolute Gasteiger partial charge is 0.0898 e. The molecule has 2 aromatic rings. The summed E-state index contributed by atoms with van der Waals surface area (Å²) in [6.07, 6.45) is 3.03. The maximum absolute atomic E-state index is 9.92. The number of benzene rings is 1. The Balaban J connectivity index is 1.64. The van der Waals surface area contributed by atoms with E-state index in [1.807, 2.05) is 42.5 Å². The highest BCUT2D eigenvalue weighted by Crippen LogP contribution is 2.09. The van der Waals surface area contributed by atoms with Crippen molar-refractivity contribution in [3.63, 3.8) is 0 Å². The molecule has 0 bridgehead atoms. The van der Waals surface area contributed by atoms with Crippen LogP contribution >= 0.6 is 0 Å². The molecule has 1 unspecified atom stereocenters. The molecule has 0 aliphatic heterocycles. The van der Waals surface area contributed by atoms with E-state index in [0.29, 0.717) is 19.8 Å². The van der Waals surface area contributed by atoms with Gasteiger partial charge in [-0.3, -0.25) is 4.98 Å². The number of nitrogens with zero attached hydrogens (tertiary/aromatic N) is 1. The van der Waals surface area contributed by atoms with Crippen molar-refractivity contribution in [1.29, 1.82) is 0 Å². The van der Waals surface area contributed by atoms with Crippen LogP contribution in [0.5, 0.6) is 0 Å². The van der Waals surface area contributed by atoms with Gasteiger partial charge in [0.25, 0.3) is 0 Å². The first-order valence-electron chi connectivity index (χ1n) is 7.18. The molecule has 0 spiro atoms. The highest BCUT2D eigenvalue weighted by molar-refractivity contribution is 5.14. The van der Waals surface area contributed by atoms with Crippen molar-refractivity contribution in [3.8, 4) is 0 Å². The summed E-state index contributed by atoms with van der Waals surface area (Å²) in [4.78, 5) is 4.00. The van der Waals surface area contributed by atoms with Gasteiger partial charge >= 0.3 is 0 Å². The first-order chi connectivity index (χ1) is 10.3. The Morgan fingerprint density at radius 2 is 1.86 bits per heavy atom. The van der Waals surface area contributed by atoms with Crippen molar-refractivity contribution in [3.05, 3.63) is 66.0 Å². The largest absolute Gasteiger partial charge is 0.389 e. The molecule has 112 valence electrons. The van der Waals surface area contributed by atoms with E-state index in [9.17, 15) is 5.11 Å². The minimum atomic E-state index is -0.516. The minimum absolute atomic E-state index is 0.178. The van der Waals surface area contributed by atoms with E-state index in [-0.39, 0.29) is 6.04 Å².